The van der Waals surface area contributed by atoms with Gasteiger partial charge in [0.1, 0.15) is 5.00 Å². The van der Waals surface area contributed by atoms with E-state index in [0.717, 1.165) is 42.4 Å². The molecule has 0 radical (unpaired) electrons. The van der Waals surface area contributed by atoms with Crippen LogP contribution in [0.3, 0.4) is 0 Å². The van der Waals surface area contributed by atoms with E-state index >= 15 is 0 Å². The summed E-state index contributed by atoms with van der Waals surface area (Å²) in [6.45, 7) is 6.03. The molecule has 31 heavy (non-hydrogen) atoms. The molecule has 2 amide bonds. The van der Waals surface area contributed by atoms with Crippen molar-refractivity contribution in [3.63, 3.8) is 0 Å². The van der Waals surface area contributed by atoms with E-state index in [9.17, 15) is 19.5 Å². The van der Waals surface area contributed by atoms with Gasteiger partial charge in [-0.1, -0.05) is 11.1 Å². The summed E-state index contributed by atoms with van der Waals surface area (Å²) >= 11 is 1.49. The van der Waals surface area contributed by atoms with E-state index in [2.05, 4.69) is 5.32 Å². The third-order valence-electron chi connectivity index (χ3n) is 6.84. The molecule has 2 unspecified atom stereocenters. The predicted octanol–water partition coefficient (Wildman–Crippen LogP) is 3.49. The maximum atomic E-state index is 13.4. The number of nitrogens with zero attached hydrogens (tertiary/aromatic N) is 1. The number of carboxylic acids is 1. The minimum absolute atomic E-state index is 0.0525. The molecule has 0 saturated carbocycles. The Morgan fingerprint density at radius 3 is 2.35 bits per heavy atom. The summed E-state index contributed by atoms with van der Waals surface area (Å²) in [5, 5.41) is 13.3. The number of carboxylic acid groups (broad SMARTS) is 1. The zero-order chi connectivity index (χ0) is 22.1. The highest BCUT2D eigenvalue weighted by Gasteiger charge is 2.38. The highest BCUT2D eigenvalue weighted by atomic mass is 32.1. The highest BCUT2D eigenvalue weighted by Crippen LogP contribution is 2.41. The van der Waals surface area contributed by atoms with Crippen molar-refractivity contribution in [3.05, 3.63) is 27.2 Å². The van der Waals surface area contributed by atoms with Gasteiger partial charge in [0.15, 0.2) is 0 Å². The molecule has 0 aromatic carbocycles. The molecule has 2 aliphatic carbocycles. The number of aliphatic carboxylic acids is 1. The van der Waals surface area contributed by atoms with Gasteiger partial charge in [-0.25, -0.2) is 0 Å². The number of ether oxygens (including phenoxy) is 1. The van der Waals surface area contributed by atoms with E-state index in [4.69, 9.17) is 4.74 Å². The van der Waals surface area contributed by atoms with Crippen molar-refractivity contribution in [2.45, 2.75) is 52.4 Å². The largest absolute Gasteiger partial charge is 0.481 e. The zero-order valence-electron chi connectivity index (χ0n) is 18.2. The van der Waals surface area contributed by atoms with Crippen LogP contribution in [0.1, 0.15) is 60.3 Å². The Morgan fingerprint density at radius 1 is 1.03 bits per heavy atom. The van der Waals surface area contributed by atoms with Gasteiger partial charge in [-0.3, -0.25) is 14.4 Å². The zero-order valence-corrected chi connectivity index (χ0v) is 19.0. The van der Waals surface area contributed by atoms with E-state index in [1.807, 2.05) is 13.8 Å². The summed E-state index contributed by atoms with van der Waals surface area (Å²) in [4.78, 5) is 41.5. The van der Waals surface area contributed by atoms with Gasteiger partial charge in [-0.05, 0) is 57.9 Å². The molecule has 1 aromatic heterocycles. The Hall–Kier alpha value is -2.19. The third kappa shape index (κ3) is 4.41. The van der Waals surface area contributed by atoms with Gasteiger partial charge >= 0.3 is 5.97 Å². The molecule has 0 spiro atoms. The summed E-state index contributed by atoms with van der Waals surface area (Å²) in [6.07, 6.45) is 4.70. The SMILES string of the molecule is CC1=C(C)CC(C(=O)Nc2sc3c(c2C(=O)N2CCOCC2)CCCC3)C(C(=O)O)C1. The van der Waals surface area contributed by atoms with Crippen molar-refractivity contribution < 1.29 is 24.2 Å². The quantitative estimate of drug-likeness (QED) is 0.691. The number of carbonyl (C=O) groups excluding carboxylic acids is 2. The maximum Gasteiger partial charge on any atom is 0.307 e. The average molecular weight is 447 g/mol. The van der Waals surface area contributed by atoms with Gasteiger partial charge < -0.3 is 20.1 Å². The molecule has 1 aliphatic heterocycles. The third-order valence-corrected chi connectivity index (χ3v) is 8.05. The molecule has 3 aliphatic rings. The van der Waals surface area contributed by atoms with Crippen LogP contribution in [0.25, 0.3) is 0 Å². The van der Waals surface area contributed by atoms with Crippen molar-refractivity contribution in [1.29, 1.82) is 0 Å². The molecule has 2 heterocycles. The second-order valence-electron chi connectivity index (χ2n) is 8.83. The number of thiophene rings is 1. The van der Waals surface area contributed by atoms with Crippen LogP contribution < -0.4 is 5.32 Å². The van der Waals surface area contributed by atoms with Gasteiger partial charge in [-0.2, -0.15) is 0 Å². The minimum Gasteiger partial charge on any atom is -0.481 e. The molecule has 2 N–H and O–H groups in total. The van der Waals surface area contributed by atoms with Crippen LogP contribution in [0.5, 0.6) is 0 Å². The summed E-state index contributed by atoms with van der Waals surface area (Å²) in [5.41, 5.74) is 3.80. The van der Waals surface area contributed by atoms with Crippen molar-refractivity contribution in [2.75, 3.05) is 31.6 Å². The molecule has 7 nitrogen and oxygen atoms in total. The molecular formula is C23H30N2O5S. The summed E-state index contributed by atoms with van der Waals surface area (Å²) in [6, 6.07) is 0. The first-order chi connectivity index (χ1) is 14.9. The number of rotatable bonds is 4. The Morgan fingerprint density at radius 2 is 1.68 bits per heavy atom. The molecule has 4 rings (SSSR count). The normalized spacial score (nSPS) is 24.0. The van der Waals surface area contributed by atoms with Crippen molar-refractivity contribution in [2.24, 2.45) is 11.8 Å². The number of aryl methyl sites for hydroxylation is 1. The number of fused-ring (bicyclic) bond motifs is 1. The van der Waals surface area contributed by atoms with Crippen LogP contribution >= 0.6 is 11.3 Å². The van der Waals surface area contributed by atoms with Gasteiger partial charge in [0.05, 0.1) is 30.6 Å². The molecule has 1 aromatic rings. The first-order valence-electron chi connectivity index (χ1n) is 11.1. The van der Waals surface area contributed by atoms with Crippen LogP contribution in [-0.4, -0.2) is 54.1 Å². The summed E-state index contributed by atoms with van der Waals surface area (Å²) in [7, 11) is 0. The van der Waals surface area contributed by atoms with E-state index in [0.29, 0.717) is 49.7 Å². The molecule has 2 atom stereocenters. The maximum absolute atomic E-state index is 13.4. The van der Waals surface area contributed by atoms with E-state index < -0.39 is 17.8 Å². The van der Waals surface area contributed by atoms with E-state index in [-0.39, 0.29) is 11.8 Å². The number of hydrogen-bond donors (Lipinski definition) is 2. The number of carbonyl (C=O) groups is 3. The van der Waals surface area contributed by atoms with E-state index in [1.54, 1.807) is 4.90 Å². The Labute approximate surface area is 186 Å². The number of anilines is 1. The van der Waals surface area contributed by atoms with E-state index in [1.165, 1.54) is 16.2 Å². The van der Waals surface area contributed by atoms with Crippen LogP contribution in [0.2, 0.25) is 0 Å². The summed E-state index contributed by atoms with van der Waals surface area (Å²) in [5.74, 6) is -2.66. The lowest BCUT2D eigenvalue weighted by atomic mass is 9.76. The molecule has 1 saturated heterocycles. The van der Waals surface area contributed by atoms with Crippen molar-refractivity contribution in [3.8, 4) is 0 Å². The Kier molecular flexibility index (Phi) is 6.48. The molecule has 168 valence electrons. The number of hydrogen-bond acceptors (Lipinski definition) is 5. The van der Waals surface area contributed by atoms with Crippen LogP contribution in [0.4, 0.5) is 5.00 Å². The van der Waals surface area contributed by atoms with Gasteiger partial charge in [0, 0.05) is 18.0 Å². The lowest BCUT2D eigenvalue weighted by Gasteiger charge is -2.30. The highest BCUT2D eigenvalue weighted by molar-refractivity contribution is 7.17. The number of nitrogens with one attached hydrogen (secondary N) is 1. The van der Waals surface area contributed by atoms with Gasteiger partial charge in [0.25, 0.3) is 5.91 Å². The van der Waals surface area contributed by atoms with Gasteiger partial charge in [-0.15, -0.1) is 11.3 Å². The minimum atomic E-state index is -0.943. The summed E-state index contributed by atoms with van der Waals surface area (Å²) < 4.78 is 5.39. The molecule has 0 bridgehead atoms. The monoisotopic (exact) mass is 446 g/mol. The Bertz CT molecular complexity index is 929. The fraction of sp³-hybridized carbons (Fsp3) is 0.609. The standard InChI is InChI=1S/C23H30N2O5S/c1-13-11-16(17(23(28)29)12-14(13)2)20(26)24-21-19(15-5-3-4-6-18(15)31-21)22(27)25-7-9-30-10-8-25/h16-17H,3-12H2,1-2H3,(H,24,26)(H,28,29). The van der Waals surface area contributed by atoms with Crippen LogP contribution in [0, 0.1) is 11.8 Å². The topological polar surface area (TPSA) is 95.9 Å². The fourth-order valence-electron chi connectivity index (χ4n) is 4.84. The first-order valence-corrected chi connectivity index (χ1v) is 11.9. The van der Waals surface area contributed by atoms with Crippen LogP contribution in [0.15, 0.2) is 11.1 Å². The van der Waals surface area contributed by atoms with Crippen molar-refractivity contribution in [1.82, 2.24) is 4.90 Å². The smallest absolute Gasteiger partial charge is 0.307 e. The lowest BCUT2D eigenvalue weighted by molar-refractivity contribution is -0.146. The molecule has 1 fully saturated rings. The first kappa shape index (κ1) is 22.0. The lowest BCUT2D eigenvalue weighted by Crippen LogP contribution is -2.41. The van der Waals surface area contributed by atoms with Gasteiger partial charge in [0.2, 0.25) is 5.91 Å². The van der Waals surface area contributed by atoms with Crippen molar-refractivity contribution >= 4 is 34.1 Å². The molecular weight excluding hydrogens is 416 g/mol. The Balaban J connectivity index is 1.63. The second kappa shape index (κ2) is 9.12. The number of allylic oxidation sites excluding steroid dienone is 2. The average Bonchev–Trinajstić information content (AvgIpc) is 3.12. The second-order valence-corrected chi connectivity index (χ2v) is 9.93. The number of morpholine rings is 1. The predicted molar refractivity (Wildman–Crippen MR) is 119 cm³/mol. The molecule has 8 heteroatoms. The van der Waals surface area contributed by atoms with Crippen LogP contribution in [-0.2, 0) is 27.2 Å². The number of amides is 2. The fourth-order valence-corrected chi connectivity index (χ4v) is 6.12.